The van der Waals surface area contributed by atoms with Crippen molar-refractivity contribution in [3.63, 3.8) is 0 Å². The average Bonchev–Trinajstić information content (AvgIpc) is 2.83. The van der Waals surface area contributed by atoms with E-state index in [1.807, 2.05) is 75.4 Å². The van der Waals surface area contributed by atoms with Gasteiger partial charge < -0.3 is 20.3 Å². The van der Waals surface area contributed by atoms with E-state index in [-0.39, 0.29) is 23.8 Å². The van der Waals surface area contributed by atoms with Gasteiger partial charge in [0.1, 0.15) is 11.6 Å². The van der Waals surface area contributed by atoms with E-state index < -0.39 is 11.6 Å². The van der Waals surface area contributed by atoms with Crippen LogP contribution in [0.4, 0.5) is 10.5 Å². The summed E-state index contributed by atoms with van der Waals surface area (Å²) in [6.45, 7) is 8.49. The maximum Gasteiger partial charge on any atom is 0.410 e. The minimum absolute atomic E-state index is 0.161. The molecule has 0 saturated carbocycles. The number of nitrogens with one attached hydrogen (secondary N) is 2. The molecule has 7 nitrogen and oxygen atoms in total. The molecule has 1 aliphatic heterocycles. The van der Waals surface area contributed by atoms with Crippen molar-refractivity contribution in [3.05, 3.63) is 65.7 Å². The molecule has 2 aromatic rings. The van der Waals surface area contributed by atoms with Crippen molar-refractivity contribution < 1.29 is 19.1 Å². The van der Waals surface area contributed by atoms with Gasteiger partial charge in [0, 0.05) is 31.1 Å². The van der Waals surface area contributed by atoms with Crippen LogP contribution in [-0.4, -0.2) is 47.5 Å². The smallest absolute Gasteiger partial charge is 0.410 e. The Morgan fingerprint density at radius 3 is 2.17 bits per heavy atom. The Morgan fingerprint density at radius 2 is 1.60 bits per heavy atom. The van der Waals surface area contributed by atoms with Crippen molar-refractivity contribution in [2.24, 2.45) is 5.92 Å². The van der Waals surface area contributed by atoms with Gasteiger partial charge in [0.25, 0.3) is 0 Å². The SMILES string of the molecule is CCc1ccc(NC(=O)[C@H](Cc2ccccc2)NC(=O)C2CCN(C(=O)OC(C)(C)C)CC2)cc1. The number of carbonyl (C=O) groups is 3. The fourth-order valence-corrected chi connectivity index (χ4v) is 4.05. The molecule has 0 bridgehead atoms. The normalized spacial score (nSPS) is 15.3. The molecule has 2 aromatic carbocycles. The van der Waals surface area contributed by atoms with Gasteiger partial charge in [-0.05, 0) is 63.3 Å². The first-order valence-electron chi connectivity index (χ1n) is 12.4. The zero-order valence-electron chi connectivity index (χ0n) is 21.2. The number of rotatable bonds is 7. The summed E-state index contributed by atoms with van der Waals surface area (Å²) < 4.78 is 5.44. The second-order valence-electron chi connectivity index (χ2n) is 10.0. The molecule has 188 valence electrons. The third-order valence-corrected chi connectivity index (χ3v) is 6.06. The summed E-state index contributed by atoms with van der Waals surface area (Å²) >= 11 is 0. The van der Waals surface area contributed by atoms with Crippen molar-refractivity contribution >= 4 is 23.6 Å². The highest BCUT2D eigenvalue weighted by atomic mass is 16.6. The van der Waals surface area contributed by atoms with Crippen molar-refractivity contribution in [3.8, 4) is 0 Å². The van der Waals surface area contributed by atoms with Crippen LogP contribution < -0.4 is 10.6 Å². The quantitative estimate of drug-likeness (QED) is 0.609. The number of ether oxygens (including phenoxy) is 1. The average molecular weight is 480 g/mol. The van der Waals surface area contributed by atoms with Gasteiger partial charge in [-0.3, -0.25) is 9.59 Å². The first kappa shape index (κ1) is 26.3. The summed E-state index contributed by atoms with van der Waals surface area (Å²) in [5.41, 5.74) is 2.30. The van der Waals surface area contributed by atoms with E-state index in [4.69, 9.17) is 4.74 Å². The highest BCUT2D eigenvalue weighted by Crippen LogP contribution is 2.21. The molecular formula is C28H37N3O4. The van der Waals surface area contributed by atoms with Gasteiger partial charge >= 0.3 is 6.09 Å². The molecule has 3 amide bonds. The van der Waals surface area contributed by atoms with Crippen LogP contribution in [0.5, 0.6) is 0 Å². The number of anilines is 1. The van der Waals surface area contributed by atoms with Crippen LogP contribution in [0.15, 0.2) is 54.6 Å². The van der Waals surface area contributed by atoms with E-state index in [2.05, 4.69) is 17.6 Å². The Bertz CT molecular complexity index is 991. The Kier molecular flexibility index (Phi) is 8.90. The molecule has 0 unspecified atom stereocenters. The van der Waals surface area contributed by atoms with Gasteiger partial charge in [0.2, 0.25) is 11.8 Å². The Balaban J connectivity index is 1.62. The summed E-state index contributed by atoms with van der Waals surface area (Å²) in [6, 6.07) is 16.7. The van der Waals surface area contributed by atoms with Crippen LogP contribution >= 0.6 is 0 Å². The van der Waals surface area contributed by atoms with Gasteiger partial charge in [-0.2, -0.15) is 0 Å². The number of nitrogens with zero attached hydrogens (tertiary/aromatic N) is 1. The van der Waals surface area contributed by atoms with Crippen molar-refractivity contribution in [1.82, 2.24) is 10.2 Å². The van der Waals surface area contributed by atoms with Crippen LogP contribution in [0.25, 0.3) is 0 Å². The molecule has 0 radical (unpaired) electrons. The standard InChI is InChI=1S/C28H37N3O4/c1-5-20-11-13-23(14-12-20)29-26(33)24(19-21-9-7-6-8-10-21)30-25(32)22-15-17-31(18-16-22)27(34)35-28(2,3)4/h6-14,22,24H,5,15-19H2,1-4H3,(H,29,33)(H,30,32)/t24-/m0/s1. The van der Waals surface area contributed by atoms with Crippen LogP contribution in [-0.2, 0) is 27.2 Å². The molecule has 0 aromatic heterocycles. The minimum Gasteiger partial charge on any atom is -0.444 e. The zero-order valence-corrected chi connectivity index (χ0v) is 21.2. The number of aryl methyl sites for hydroxylation is 1. The lowest BCUT2D eigenvalue weighted by atomic mass is 9.95. The van der Waals surface area contributed by atoms with Gasteiger partial charge in [-0.15, -0.1) is 0 Å². The molecule has 1 atom stereocenters. The van der Waals surface area contributed by atoms with E-state index in [1.54, 1.807) is 4.90 Å². The Morgan fingerprint density at radius 1 is 0.971 bits per heavy atom. The number of hydrogen-bond donors (Lipinski definition) is 2. The highest BCUT2D eigenvalue weighted by molar-refractivity contribution is 5.97. The molecule has 1 heterocycles. The van der Waals surface area contributed by atoms with Crippen molar-refractivity contribution in [1.29, 1.82) is 0 Å². The minimum atomic E-state index is -0.709. The molecule has 1 saturated heterocycles. The number of piperidine rings is 1. The summed E-state index contributed by atoms with van der Waals surface area (Å²) in [7, 11) is 0. The lowest BCUT2D eigenvalue weighted by Gasteiger charge is -2.33. The molecule has 3 rings (SSSR count). The van der Waals surface area contributed by atoms with E-state index in [0.29, 0.717) is 38.0 Å². The Labute approximate surface area is 208 Å². The third-order valence-electron chi connectivity index (χ3n) is 6.06. The summed E-state index contributed by atoms with van der Waals surface area (Å²) in [5.74, 6) is -0.674. The lowest BCUT2D eigenvalue weighted by Crippen LogP contribution is -2.50. The molecule has 1 fully saturated rings. The number of likely N-dealkylation sites (tertiary alicyclic amines) is 1. The third kappa shape index (κ3) is 8.12. The monoisotopic (exact) mass is 479 g/mol. The predicted molar refractivity (Wildman–Crippen MR) is 137 cm³/mol. The second kappa shape index (κ2) is 11.9. The van der Waals surface area contributed by atoms with Crippen LogP contribution in [0.1, 0.15) is 51.7 Å². The maximum atomic E-state index is 13.2. The molecule has 0 aliphatic carbocycles. The number of hydrogen-bond acceptors (Lipinski definition) is 4. The highest BCUT2D eigenvalue weighted by Gasteiger charge is 2.32. The molecule has 0 spiro atoms. The Hall–Kier alpha value is -3.35. The van der Waals surface area contributed by atoms with Gasteiger partial charge in [0.15, 0.2) is 0 Å². The summed E-state index contributed by atoms with van der Waals surface area (Å²) in [6.07, 6.45) is 2.02. The molecule has 2 N–H and O–H groups in total. The molecule has 7 heteroatoms. The van der Waals surface area contributed by atoms with Crippen molar-refractivity contribution in [2.75, 3.05) is 18.4 Å². The van der Waals surface area contributed by atoms with E-state index >= 15 is 0 Å². The predicted octanol–water partition coefficient (Wildman–Crippen LogP) is 4.56. The first-order chi connectivity index (χ1) is 16.6. The molecular weight excluding hydrogens is 442 g/mol. The first-order valence-corrected chi connectivity index (χ1v) is 12.4. The van der Waals surface area contributed by atoms with E-state index in [1.165, 1.54) is 5.56 Å². The zero-order chi connectivity index (χ0) is 25.4. The van der Waals surface area contributed by atoms with E-state index in [9.17, 15) is 14.4 Å². The lowest BCUT2D eigenvalue weighted by molar-refractivity contribution is -0.130. The fraction of sp³-hybridized carbons (Fsp3) is 0.464. The fourth-order valence-electron chi connectivity index (χ4n) is 4.05. The molecule has 35 heavy (non-hydrogen) atoms. The molecule has 1 aliphatic rings. The van der Waals surface area contributed by atoms with Crippen LogP contribution in [0.2, 0.25) is 0 Å². The topological polar surface area (TPSA) is 87.7 Å². The second-order valence-corrected chi connectivity index (χ2v) is 10.0. The maximum absolute atomic E-state index is 13.2. The van der Waals surface area contributed by atoms with Gasteiger partial charge in [-0.25, -0.2) is 4.79 Å². The van der Waals surface area contributed by atoms with Crippen LogP contribution in [0, 0.1) is 5.92 Å². The number of carbonyl (C=O) groups excluding carboxylic acids is 3. The largest absolute Gasteiger partial charge is 0.444 e. The van der Waals surface area contributed by atoms with E-state index in [0.717, 1.165) is 12.0 Å². The number of benzene rings is 2. The number of amides is 3. The summed E-state index contributed by atoms with van der Waals surface area (Å²) in [5, 5.41) is 5.92. The van der Waals surface area contributed by atoms with Gasteiger partial charge in [0.05, 0.1) is 0 Å². The van der Waals surface area contributed by atoms with Crippen molar-refractivity contribution in [2.45, 2.75) is 65.0 Å². The summed E-state index contributed by atoms with van der Waals surface area (Å²) in [4.78, 5) is 40.3. The van der Waals surface area contributed by atoms with Gasteiger partial charge in [-0.1, -0.05) is 49.4 Å². The van der Waals surface area contributed by atoms with Crippen LogP contribution in [0.3, 0.4) is 0 Å².